The monoisotopic (exact) mass is 359 g/mol. The van der Waals surface area contributed by atoms with Crippen molar-refractivity contribution >= 4 is 33.1 Å². The van der Waals surface area contributed by atoms with Crippen LogP contribution in [-0.4, -0.2) is 20.6 Å². The summed E-state index contributed by atoms with van der Waals surface area (Å²) in [6.07, 6.45) is 2.31. The van der Waals surface area contributed by atoms with Crippen molar-refractivity contribution in [3.05, 3.63) is 57.3 Å². The molecule has 6 nitrogen and oxygen atoms in total. The van der Waals surface area contributed by atoms with Crippen molar-refractivity contribution in [2.24, 2.45) is 0 Å². The van der Waals surface area contributed by atoms with Crippen LogP contribution in [-0.2, 0) is 17.8 Å². The maximum absolute atomic E-state index is 13.3. The summed E-state index contributed by atoms with van der Waals surface area (Å²) in [6.45, 7) is 0.384. The Balaban J connectivity index is 1.60. The molecule has 1 aliphatic rings. The molecule has 2 N–H and O–H groups in total. The second-order valence-electron chi connectivity index (χ2n) is 5.90. The van der Waals surface area contributed by atoms with Crippen molar-refractivity contribution in [3.8, 4) is 0 Å². The topological polar surface area (TPSA) is 84.2 Å². The first-order valence-corrected chi connectivity index (χ1v) is 8.59. The van der Waals surface area contributed by atoms with Gasteiger partial charge in [0.15, 0.2) is 0 Å². The largest absolute Gasteiger partial charge is 0.480 e. The van der Waals surface area contributed by atoms with Gasteiger partial charge in [0.05, 0.1) is 6.20 Å². The van der Waals surface area contributed by atoms with Gasteiger partial charge in [-0.3, -0.25) is 9.36 Å². The number of aromatic nitrogens is 2. The number of anilines is 1. The number of aliphatic carboxylic acids is 1. The summed E-state index contributed by atoms with van der Waals surface area (Å²) in [6, 6.07) is 5.69. The van der Waals surface area contributed by atoms with E-state index in [0.717, 1.165) is 15.0 Å². The Morgan fingerprint density at radius 3 is 3.08 bits per heavy atom. The molecule has 128 valence electrons. The van der Waals surface area contributed by atoms with Gasteiger partial charge in [-0.2, -0.15) is 0 Å². The highest BCUT2D eigenvalue weighted by atomic mass is 32.1. The van der Waals surface area contributed by atoms with E-state index in [4.69, 9.17) is 0 Å². The third-order valence-electron chi connectivity index (χ3n) is 4.29. The summed E-state index contributed by atoms with van der Waals surface area (Å²) >= 11 is 1.44. The number of carboxylic acid groups (broad SMARTS) is 1. The van der Waals surface area contributed by atoms with E-state index in [1.165, 1.54) is 34.2 Å². The number of hydrogen-bond donors (Lipinski definition) is 2. The Labute approximate surface area is 145 Å². The highest BCUT2D eigenvalue weighted by Gasteiger charge is 2.30. The molecule has 3 aromatic rings. The molecule has 0 aliphatic carbocycles. The molecule has 3 heterocycles. The number of nitrogens with one attached hydrogen (secondary N) is 1. The summed E-state index contributed by atoms with van der Waals surface area (Å²) in [5, 5.41) is 13.2. The quantitative estimate of drug-likeness (QED) is 0.748. The molecule has 0 amide bonds. The first kappa shape index (κ1) is 15.8. The van der Waals surface area contributed by atoms with E-state index in [-0.39, 0.29) is 17.1 Å². The molecule has 25 heavy (non-hydrogen) atoms. The molecule has 8 heteroatoms. The first-order chi connectivity index (χ1) is 12.0. The van der Waals surface area contributed by atoms with Gasteiger partial charge in [0, 0.05) is 22.5 Å². The van der Waals surface area contributed by atoms with Crippen LogP contribution in [0.5, 0.6) is 0 Å². The molecule has 0 saturated carbocycles. The molecule has 0 bridgehead atoms. The molecule has 1 aromatic carbocycles. The minimum Gasteiger partial charge on any atom is -0.480 e. The number of nitrogens with zero attached hydrogens (tertiary/aromatic N) is 2. The van der Waals surface area contributed by atoms with Gasteiger partial charge < -0.3 is 10.4 Å². The summed E-state index contributed by atoms with van der Waals surface area (Å²) < 4.78 is 15.4. The Morgan fingerprint density at radius 1 is 1.44 bits per heavy atom. The summed E-state index contributed by atoms with van der Waals surface area (Å²) in [5.74, 6) is -0.804. The van der Waals surface area contributed by atoms with Crippen molar-refractivity contribution in [1.29, 1.82) is 0 Å². The van der Waals surface area contributed by atoms with Crippen LogP contribution in [0.2, 0.25) is 0 Å². The molecule has 1 atom stereocenters. The van der Waals surface area contributed by atoms with Crippen LogP contribution in [0.4, 0.5) is 10.1 Å². The maximum atomic E-state index is 13.3. The maximum Gasteiger partial charge on any atom is 0.326 e. The molecular formula is C17H14FN3O3S. The van der Waals surface area contributed by atoms with Gasteiger partial charge in [0.25, 0.3) is 5.56 Å². The molecule has 4 rings (SSSR count). The third kappa shape index (κ3) is 2.78. The lowest BCUT2D eigenvalue weighted by Gasteiger charge is -2.11. The molecule has 0 unspecified atom stereocenters. The predicted molar refractivity (Wildman–Crippen MR) is 92.6 cm³/mol. The highest BCUT2D eigenvalue weighted by molar-refractivity contribution is 7.19. The van der Waals surface area contributed by atoms with E-state index in [1.54, 1.807) is 6.07 Å². The van der Waals surface area contributed by atoms with E-state index in [0.29, 0.717) is 25.2 Å². The van der Waals surface area contributed by atoms with Gasteiger partial charge in [-0.25, -0.2) is 14.2 Å². The van der Waals surface area contributed by atoms with Crippen molar-refractivity contribution in [3.63, 3.8) is 0 Å². The minimum atomic E-state index is -1.02. The molecular weight excluding hydrogens is 345 g/mol. The lowest BCUT2D eigenvalue weighted by Crippen LogP contribution is -2.30. The summed E-state index contributed by atoms with van der Waals surface area (Å²) in [4.78, 5) is 29.0. The normalized spacial score (nSPS) is 16.1. The van der Waals surface area contributed by atoms with E-state index >= 15 is 0 Å². The lowest BCUT2D eigenvalue weighted by molar-refractivity contribution is -0.140. The summed E-state index contributed by atoms with van der Waals surface area (Å²) in [5.41, 5.74) is -0.109. The molecule has 2 aromatic heterocycles. The Kier molecular flexibility index (Phi) is 3.76. The Bertz CT molecular complexity index is 1040. The Hall–Kier alpha value is -2.74. The number of halogens is 1. The van der Waals surface area contributed by atoms with E-state index in [9.17, 15) is 19.1 Å². The van der Waals surface area contributed by atoms with Crippen LogP contribution in [0.3, 0.4) is 0 Å². The van der Waals surface area contributed by atoms with Crippen LogP contribution in [0, 0.1) is 5.82 Å². The van der Waals surface area contributed by atoms with Gasteiger partial charge in [0.1, 0.15) is 23.4 Å². The van der Waals surface area contributed by atoms with Crippen molar-refractivity contribution in [2.75, 3.05) is 5.32 Å². The second-order valence-corrected chi connectivity index (χ2v) is 7.07. The van der Waals surface area contributed by atoms with Gasteiger partial charge in [-0.05, 0) is 30.0 Å². The number of hydrogen-bond acceptors (Lipinski definition) is 5. The van der Waals surface area contributed by atoms with Crippen molar-refractivity contribution in [2.45, 2.75) is 25.4 Å². The second kappa shape index (κ2) is 5.96. The Morgan fingerprint density at radius 2 is 2.28 bits per heavy atom. The van der Waals surface area contributed by atoms with Gasteiger partial charge in [-0.15, -0.1) is 11.3 Å². The fourth-order valence-electron chi connectivity index (χ4n) is 3.09. The molecule has 0 radical (unpaired) electrons. The predicted octanol–water partition coefficient (Wildman–Crippen LogP) is 2.78. The fraction of sp³-hybridized carbons (Fsp3) is 0.235. The van der Waals surface area contributed by atoms with Crippen LogP contribution in [0.25, 0.3) is 10.1 Å². The average Bonchev–Trinajstić information content (AvgIpc) is 3.17. The van der Waals surface area contributed by atoms with Gasteiger partial charge >= 0.3 is 5.97 Å². The zero-order valence-electron chi connectivity index (χ0n) is 13.0. The molecule has 0 saturated heterocycles. The number of fused-ring (bicyclic) bond motifs is 2. The van der Waals surface area contributed by atoms with Crippen LogP contribution in [0.15, 0.2) is 35.3 Å². The fourth-order valence-corrected chi connectivity index (χ4v) is 4.12. The van der Waals surface area contributed by atoms with Crippen LogP contribution < -0.4 is 10.9 Å². The summed E-state index contributed by atoms with van der Waals surface area (Å²) in [7, 11) is 0. The van der Waals surface area contributed by atoms with Crippen LogP contribution >= 0.6 is 11.3 Å². The highest BCUT2D eigenvalue weighted by Crippen LogP contribution is 2.27. The van der Waals surface area contributed by atoms with E-state index < -0.39 is 12.0 Å². The zero-order valence-corrected chi connectivity index (χ0v) is 13.8. The zero-order chi connectivity index (χ0) is 17.6. The number of carbonyl (C=O) groups is 1. The standard InChI is InChI=1S/C17H14FN3O3S/c18-10-2-1-9-5-11(25-14(9)6-10)7-19-12-8-20-15-4-3-13(17(23)24)21(15)16(12)22/h1-2,5-6,8,13,19H,3-4,7H2,(H,23,24)/t13-/m0/s1. The number of thiophene rings is 1. The number of carboxylic acids is 1. The SMILES string of the molecule is O=C(O)[C@@H]1CCc2ncc(NCc3cc4ccc(F)cc4s3)c(=O)n21. The minimum absolute atomic E-state index is 0.264. The number of benzene rings is 1. The molecule has 0 spiro atoms. The smallest absolute Gasteiger partial charge is 0.326 e. The van der Waals surface area contributed by atoms with Gasteiger partial charge in [0.2, 0.25) is 0 Å². The van der Waals surface area contributed by atoms with E-state index in [1.807, 2.05) is 6.07 Å². The number of rotatable bonds is 4. The van der Waals surface area contributed by atoms with E-state index in [2.05, 4.69) is 10.3 Å². The first-order valence-electron chi connectivity index (χ1n) is 7.78. The molecule has 0 fully saturated rings. The molecule has 1 aliphatic heterocycles. The van der Waals surface area contributed by atoms with Crippen molar-refractivity contribution in [1.82, 2.24) is 9.55 Å². The van der Waals surface area contributed by atoms with Gasteiger partial charge in [-0.1, -0.05) is 6.07 Å². The lowest BCUT2D eigenvalue weighted by atomic mass is 10.2. The average molecular weight is 359 g/mol. The van der Waals surface area contributed by atoms with Crippen LogP contribution in [0.1, 0.15) is 23.2 Å². The third-order valence-corrected chi connectivity index (χ3v) is 5.39. The van der Waals surface area contributed by atoms with Crippen molar-refractivity contribution < 1.29 is 14.3 Å². The number of aryl methyl sites for hydroxylation is 1.